The van der Waals surface area contributed by atoms with Gasteiger partial charge in [-0.3, -0.25) is 4.79 Å². The Balaban J connectivity index is 1.83. The number of carbonyl (C=O) groups is 1. The first-order valence-electron chi connectivity index (χ1n) is 6.87. The number of hydrogen-bond acceptors (Lipinski definition) is 4. The standard InChI is InChI=1S/C16H19N3O2/c1-17-10-9-15(20)18-11-13-7-8-16(19-12-13)21-14-5-3-2-4-6-14/h2-8,12,17H,9-11H2,1H3,(H,18,20). The second-order valence-corrected chi connectivity index (χ2v) is 4.55. The van der Waals surface area contributed by atoms with Crippen molar-refractivity contribution in [2.75, 3.05) is 13.6 Å². The highest BCUT2D eigenvalue weighted by Crippen LogP contribution is 2.18. The normalized spacial score (nSPS) is 10.1. The summed E-state index contributed by atoms with van der Waals surface area (Å²) in [5.74, 6) is 1.30. The van der Waals surface area contributed by atoms with E-state index in [1.54, 1.807) is 12.3 Å². The number of rotatable bonds is 7. The molecule has 1 amide bonds. The maximum absolute atomic E-state index is 11.5. The lowest BCUT2D eigenvalue weighted by molar-refractivity contribution is -0.121. The molecule has 0 bridgehead atoms. The molecule has 5 heteroatoms. The molecule has 2 aromatic rings. The Bertz CT molecular complexity index is 555. The van der Waals surface area contributed by atoms with Crippen LogP contribution < -0.4 is 15.4 Å². The SMILES string of the molecule is CNCCC(=O)NCc1ccc(Oc2ccccc2)nc1. The summed E-state index contributed by atoms with van der Waals surface area (Å²) in [5, 5.41) is 5.78. The number of aromatic nitrogens is 1. The average Bonchev–Trinajstić information content (AvgIpc) is 2.53. The quantitative estimate of drug-likeness (QED) is 0.818. The summed E-state index contributed by atoms with van der Waals surface area (Å²) < 4.78 is 5.61. The summed E-state index contributed by atoms with van der Waals surface area (Å²) in [6.07, 6.45) is 2.18. The van der Waals surface area contributed by atoms with Crippen molar-refractivity contribution in [2.24, 2.45) is 0 Å². The van der Waals surface area contributed by atoms with Gasteiger partial charge in [0.1, 0.15) is 5.75 Å². The third-order valence-corrected chi connectivity index (χ3v) is 2.85. The van der Waals surface area contributed by atoms with Crippen molar-refractivity contribution < 1.29 is 9.53 Å². The fraction of sp³-hybridized carbons (Fsp3) is 0.250. The van der Waals surface area contributed by atoms with Crippen LogP contribution in [0, 0.1) is 0 Å². The number of ether oxygens (including phenoxy) is 1. The zero-order valence-electron chi connectivity index (χ0n) is 12.0. The lowest BCUT2D eigenvalue weighted by Gasteiger charge is -2.07. The highest BCUT2D eigenvalue weighted by Gasteiger charge is 2.02. The van der Waals surface area contributed by atoms with Crippen molar-refractivity contribution in [3.05, 3.63) is 54.2 Å². The van der Waals surface area contributed by atoms with Crippen LogP contribution in [0.1, 0.15) is 12.0 Å². The van der Waals surface area contributed by atoms with E-state index in [-0.39, 0.29) is 5.91 Å². The van der Waals surface area contributed by atoms with Crippen LogP contribution in [0.25, 0.3) is 0 Å². The molecule has 0 aliphatic heterocycles. The fourth-order valence-corrected chi connectivity index (χ4v) is 1.71. The van der Waals surface area contributed by atoms with Gasteiger partial charge in [0.05, 0.1) is 0 Å². The predicted octanol–water partition coefficient (Wildman–Crippen LogP) is 2.10. The van der Waals surface area contributed by atoms with Crippen molar-refractivity contribution in [2.45, 2.75) is 13.0 Å². The highest BCUT2D eigenvalue weighted by atomic mass is 16.5. The second kappa shape index (κ2) is 8.01. The molecule has 0 unspecified atom stereocenters. The number of carbonyl (C=O) groups excluding carboxylic acids is 1. The molecular weight excluding hydrogens is 266 g/mol. The lowest BCUT2D eigenvalue weighted by Crippen LogP contribution is -2.26. The first-order valence-corrected chi connectivity index (χ1v) is 6.87. The first-order chi connectivity index (χ1) is 10.3. The smallest absolute Gasteiger partial charge is 0.221 e. The summed E-state index contributed by atoms with van der Waals surface area (Å²) in [7, 11) is 1.82. The van der Waals surface area contributed by atoms with Crippen LogP contribution in [0.4, 0.5) is 0 Å². The zero-order valence-corrected chi connectivity index (χ0v) is 12.0. The maximum Gasteiger partial charge on any atom is 0.221 e. The van der Waals surface area contributed by atoms with Gasteiger partial charge in [-0.05, 0) is 24.7 Å². The van der Waals surface area contributed by atoms with Gasteiger partial charge >= 0.3 is 0 Å². The number of pyridine rings is 1. The third kappa shape index (κ3) is 5.24. The van der Waals surface area contributed by atoms with E-state index in [0.29, 0.717) is 25.4 Å². The van der Waals surface area contributed by atoms with Crippen LogP contribution in [-0.2, 0) is 11.3 Å². The molecule has 0 radical (unpaired) electrons. The van der Waals surface area contributed by atoms with E-state index >= 15 is 0 Å². The van der Waals surface area contributed by atoms with Gasteiger partial charge in [-0.15, -0.1) is 0 Å². The fourth-order valence-electron chi connectivity index (χ4n) is 1.71. The largest absolute Gasteiger partial charge is 0.439 e. The number of para-hydroxylation sites is 1. The maximum atomic E-state index is 11.5. The molecule has 21 heavy (non-hydrogen) atoms. The third-order valence-electron chi connectivity index (χ3n) is 2.85. The molecule has 2 rings (SSSR count). The highest BCUT2D eigenvalue weighted by molar-refractivity contribution is 5.76. The van der Waals surface area contributed by atoms with Gasteiger partial charge in [-0.2, -0.15) is 0 Å². The molecule has 0 fully saturated rings. The van der Waals surface area contributed by atoms with E-state index < -0.39 is 0 Å². The Morgan fingerprint density at radius 3 is 2.67 bits per heavy atom. The van der Waals surface area contributed by atoms with Gasteiger partial charge in [-0.1, -0.05) is 24.3 Å². The Kier molecular flexibility index (Phi) is 5.72. The molecule has 5 nitrogen and oxygen atoms in total. The minimum atomic E-state index is 0.0222. The summed E-state index contributed by atoms with van der Waals surface area (Å²) in [4.78, 5) is 15.7. The van der Waals surface area contributed by atoms with Crippen LogP contribution in [0.2, 0.25) is 0 Å². The van der Waals surface area contributed by atoms with Crippen molar-refractivity contribution in [1.29, 1.82) is 0 Å². The van der Waals surface area contributed by atoms with E-state index in [1.165, 1.54) is 0 Å². The summed E-state index contributed by atoms with van der Waals surface area (Å²) in [5.41, 5.74) is 0.938. The number of benzene rings is 1. The molecule has 2 N–H and O–H groups in total. The van der Waals surface area contributed by atoms with Crippen molar-refractivity contribution >= 4 is 5.91 Å². The van der Waals surface area contributed by atoms with E-state index in [9.17, 15) is 4.79 Å². The Morgan fingerprint density at radius 1 is 1.19 bits per heavy atom. The van der Waals surface area contributed by atoms with Gasteiger partial charge in [0.15, 0.2) is 0 Å². The predicted molar refractivity (Wildman–Crippen MR) is 81.1 cm³/mol. The average molecular weight is 285 g/mol. The molecule has 0 atom stereocenters. The van der Waals surface area contributed by atoms with Crippen molar-refractivity contribution in [3.63, 3.8) is 0 Å². The van der Waals surface area contributed by atoms with Crippen LogP contribution in [0.15, 0.2) is 48.7 Å². The minimum Gasteiger partial charge on any atom is -0.439 e. The summed E-state index contributed by atoms with van der Waals surface area (Å²) in [6, 6.07) is 13.2. The molecular formula is C16H19N3O2. The molecule has 1 aromatic heterocycles. The second-order valence-electron chi connectivity index (χ2n) is 4.55. The van der Waals surface area contributed by atoms with Crippen LogP contribution in [-0.4, -0.2) is 24.5 Å². The van der Waals surface area contributed by atoms with Crippen LogP contribution in [0.3, 0.4) is 0 Å². The Labute approximate surface area is 124 Å². The molecule has 0 saturated heterocycles. The van der Waals surface area contributed by atoms with Gasteiger partial charge in [0.25, 0.3) is 0 Å². The van der Waals surface area contributed by atoms with E-state index in [2.05, 4.69) is 15.6 Å². The van der Waals surface area contributed by atoms with E-state index in [0.717, 1.165) is 11.3 Å². The summed E-state index contributed by atoms with van der Waals surface area (Å²) in [6.45, 7) is 1.15. The van der Waals surface area contributed by atoms with Crippen LogP contribution in [0.5, 0.6) is 11.6 Å². The molecule has 1 aromatic carbocycles. The monoisotopic (exact) mass is 285 g/mol. The van der Waals surface area contributed by atoms with Gasteiger partial charge in [0, 0.05) is 31.8 Å². The molecule has 0 aliphatic carbocycles. The number of amides is 1. The molecule has 0 saturated carbocycles. The molecule has 0 aliphatic rings. The van der Waals surface area contributed by atoms with Crippen LogP contribution >= 0.6 is 0 Å². The summed E-state index contributed by atoms with van der Waals surface area (Å²) >= 11 is 0. The van der Waals surface area contributed by atoms with Gasteiger partial charge in [-0.25, -0.2) is 4.98 Å². The van der Waals surface area contributed by atoms with E-state index in [1.807, 2.05) is 43.4 Å². The number of nitrogens with one attached hydrogen (secondary N) is 2. The van der Waals surface area contributed by atoms with Gasteiger partial charge in [0.2, 0.25) is 11.8 Å². The zero-order chi connectivity index (χ0) is 14.9. The Hall–Kier alpha value is -2.40. The Morgan fingerprint density at radius 2 is 2.00 bits per heavy atom. The minimum absolute atomic E-state index is 0.0222. The molecule has 110 valence electrons. The van der Waals surface area contributed by atoms with Crippen molar-refractivity contribution in [1.82, 2.24) is 15.6 Å². The first kappa shape index (κ1) is 15.0. The van der Waals surface area contributed by atoms with Gasteiger partial charge < -0.3 is 15.4 Å². The topological polar surface area (TPSA) is 63.2 Å². The van der Waals surface area contributed by atoms with E-state index in [4.69, 9.17) is 4.74 Å². The van der Waals surface area contributed by atoms with Crippen molar-refractivity contribution in [3.8, 4) is 11.6 Å². The number of nitrogens with zero attached hydrogens (tertiary/aromatic N) is 1. The lowest BCUT2D eigenvalue weighted by atomic mass is 10.2. The number of hydrogen-bond donors (Lipinski definition) is 2. The molecule has 0 spiro atoms. The molecule has 1 heterocycles.